The molecule has 0 aromatic heterocycles. The summed E-state index contributed by atoms with van der Waals surface area (Å²) in [5.74, 6) is -0.405. The Morgan fingerprint density at radius 3 is 2.48 bits per heavy atom. The molecule has 5 nitrogen and oxygen atoms in total. The first-order valence-electron chi connectivity index (χ1n) is 6.63. The summed E-state index contributed by atoms with van der Waals surface area (Å²) >= 11 is 0. The summed E-state index contributed by atoms with van der Waals surface area (Å²) in [4.78, 5) is 24.8. The first-order chi connectivity index (χ1) is 10.0. The zero-order chi connectivity index (χ0) is 15.4. The van der Waals surface area contributed by atoms with Crippen LogP contribution in [0.3, 0.4) is 0 Å². The van der Waals surface area contributed by atoms with E-state index in [1.807, 2.05) is 54.4 Å². The maximum atomic E-state index is 11.9. The summed E-state index contributed by atoms with van der Waals surface area (Å²) in [6.07, 6.45) is -0.751. The van der Waals surface area contributed by atoms with Gasteiger partial charge >= 0.3 is 6.09 Å². The Labute approximate surface area is 123 Å². The summed E-state index contributed by atoms with van der Waals surface area (Å²) in [5, 5.41) is 4.42. The second-order valence-corrected chi connectivity index (χ2v) is 4.80. The highest BCUT2D eigenvalue weighted by Crippen LogP contribution is 2.22. The second-order valence-electron chi connectivity index (χ2n) is 4.80. The van der Waals surface area contributed by atoms with E-state index >= 15 is 0 Å². The third-order valence-electron chi connectivity index (χ3n) is 3.51. The molecular formula is C16H18N2O3. The van der Waals surface area contributed by atoms with Crippen LogP contribution < -0.4 is 10.2 Å². The molecule has 0 aliphatic carbocycles. The van der Waals surface area contributed by atoms with Gasteiger partial charge in [-0.1, -0.05) is 30.3 Å². The third-order valence-corrected chi connectivity index (χ3v) is 3.51. The number of amides is 2. The zero-order valence-electron chi connectivity index (χ0n) is 12.3. The lowest BCUT2D eigenvalue weighted by Gasteiger charge is -2.26. The molecule has 0 radical (unpaired) electrons. The Hall–Kier alpha value is -2.56. The van der Waals surface area contributed by atoms with Crippen molar-refractivity contribution < 1.29 is 14.3 Å². The van der Waals surface area contributed by atoms with E-state index in [1.165, 1.54) is 7.11 Å². The summed E-state index contributed by atoms with van der Waals surface area (Å²) in [6, 6.07) is 13.5. The van der Waals surface area contributed by atoms with E-state index in [0.717, 1.165) is 16.5 Å². The van der Waals surface area contributed by atoms with Crippen molar-refractivity contribution in [1.82, 2.24) is 5.32 Å². The fourth-order valence-electron chi connectivity index (χ4n) is 2.05. The number of rotatable bonds is 3. The van der Waals surface area contributed by atoms with Gasteiger partial charge in [0.05, 0.1) is 7.11 Å². The largest absolute Gasteiger partial charge is 0.453 e. The number of hydrogen-bond donors (Lipinski definition) is 1. The van der Waals surface area contributed by atoms with Gasteiger partial charge in [-0.2, -0.15) is 0 Å². The van der Waals surface area contributed by atoms with Crippen LogP contribution in [0.4, 0.5) is 10.5 Å². The fourth-order valence-corrected chi connectivity index (χ4v) is 2.05. The molecule has 2 aromatic rings. The number of nitrogens with zero attached hydrogens (tertiary/aromatic N) is 1. The molecule has 0 spiro atoms. The van der Waals surface area contributed by atoms with Crippen LogP contribution in [0.25, 0.3) is 10.8 Å². The number of fused-ring (bicyclic) bond motifs is 1. The number of carbonyl (C=O) groups is 2. The molecule has 1 atom stereocenters. The van der Waals surface area contributed by atoms with Crippen LogP contribution in [-0.2, 0) is 9.53 Å². The Kier molecular flexibility index (Phi) is 4.42. The van der Waals surface area contributed by atoms with E-state index in [0.29, 0.717) is 0 Å². The molecule has 1 N–H and O–H groups in total. The number of carbonyl (C=O) groups excluding carboxylic acids is 2. The third kappa shape index (κ3) is 3.31. The summed E-state index contributed by atoms with van der Waals surface area (Å²) in [7, 11) is 3.03. The number of hydrogen-bond acceptors (Lipinski definition) is 4. The molecule has 21 heavy (non-hydrogen) atoms. The van der Waals surface area contributed by atoms with Crippen molar-refractivity contribution in [3.8, 4) is 0 Å². The number of likely N-dealkylation sites (N-methyl/N-ethyl adjacent to an activating group) is 1. The number of nitrogens with one attached hydrogen (secondary N) is 1. The Bertz CT molecular complexity index is 669. The van der Waals surface area contributed by atoms with Gasteiger partial charge in [-0.3, -0.25) is 10.1 Å². The van der Waals surface area contributed by atoms with Crippen LogP contribution in [0.15, 0.2) is 42.5 Å². The summed E-state index contributed by atoms with van der Waals surface area (Å²) < 4.78 is 4.42. The number of ether oxygens (including phenoxy) is 1. The minimum Gasteiger partial charge on any atom is -0.453 e. The van der Waals surface area contributed by atoms with Crippen LogP contribution >= 0.6 is 0 Å². The van der Waals surface area contributed by atoms with E-state index in [-0.39, 0.29) is 0 Å². The van der Waals surface area contributed by atoms with Crippen LogP contribution in [0.5, 0.6) is 0 Å². The lowest BCUT2D eigenvalue weighted by molar-refractivity contribution is -0.121. The van der Waals surface area contributed by atoms with E-state index in [9.17, 15) is 9.59 Å². The molecule has 2 aromatic carbocycles. The molecule has 110 valence electrons. The van der Waals surface area contributed by atoms with Crippen molar-refractivity contribution in [3.05, 3.63) is 42.5 Å². The Morgan fingerprint density at radius 1 is 1.14 bits per heavy atom. The molecular weight excluding hydrogens is 268 g/mol. The second kappa shape index (κ2) is 6.26. The van der Waals surface area contributed by atoms with Gasteiger partial charge in [0.15, 0.2) is 0 Å². The van der Waals surface area contributed by atoms with Gasteiger partial charge in [0.2, 0.25) is 0 Å². The van der Waals surface area contributed by atoms with E-state index in [1.54, 1.807) is 6.92 Å². The van der Waals surface area contributed by atoms with Crippen LogP contribution in [0.2, 0.25) is 0 Å². The minimum absolute atomic E-state index is 0.405. The van der Waals surface area contributed by atoms with E-state index < -0.39 is 18.0 Å². The quantitative estimate of drug-likeness (QED) is 0.942. The number of benzene rings is 2. The standard InChI is InChI=1S/C16H18N2O3/c1-11(15(19)17-16(20)21-3)18(2)14-9-8-12-6-4-5-7-13(12)10-14/h4-11H,1-3H3,(H,17,19,20)/t11-/m0/s1. The molecule has 0 aliphatic rings. The lowest BCUT2D eigenvalue weighted by atomic mass is 10.1. The fraction of sp³-hybridized carbons (Fsp3) is 0.250. The van der Waals surface area contributed by atoms with Gasteiger partial charge in [0.1, 0.15) is 6.04 Å². The number of methoxy groups -OCH3 is 1. The molecule has 0 unspecified atom stereocenters. The topological polar surface area (TPSA) is 58.6 Å². The molecule has 2 rings (SSSR count). The van der Waals surface area contributed by atoms with Crippen molar-refractivity contribution in [2.75, 3.05) is 19.1 Å². The predicted octanol–water partition coefficient (Wildman–Crippen LogP) is 2.55. The average Bonchev–Trinajstić information content (AvgIpc) is 2.52. The monoisotopic (exact) mass is 286 g/mol. The highest BCUT2D eigenvalue weighted by Gasteiger charge is 2.20. The van der Waals surface area contributed by atoms with Gasteiger partial charge in [-0.05, 0) is 29.8 Å². The van der Waals surface area contributed by atoms with Gasteiger partial charge in [-0.15, -0.1) is 0 Å². The van der Waals surface area contributed by atoms with Crippen molar-refractivity contribution in [2.45, 2.75) is 13.0 Å². The lowest BCUT2D eigenvalue weighted by Crippen LogP contribution is -2.45. The highest BCUT2D eigenvalue weighted by atomic mass is 16.5. The van der Waals surface area contributed by atoms with Crippen molar-refractivity contribution in [2.24, 2.45) is 0 Å². The van der Waals surface area contributed by atoms with Crippen LogP contribution in [-0.4, -0.2) is 32.2 Å². The first kappa shape index (κ1) is 14.8. The van der Waals surface area contributed by atoms with Gasteiger partial charge < -0.3 is 9.64 Å². The molecule has 0 saturated heterocycles. The van der Waals surface area contributed by atoms with E-state index in [2.05, 4.69) is 10.1 Å². The number of alkyl carbamates (subject to hydrolysis) is 1. The van der Waals surface area contributed by atoms with Crippen LogP contribution in [0.1, 0.15) is 6.92 Å². The zero-order valence-corrected chi connectivity index (χ0v) is 12.3. The minimum atomic E-state index is -0.751. The average molecular weight is 286 g/mol. The van der Waals surface area contributed by atoms with Gasteiger partial charge in [0, 0.05) is 12.7 Å². The van der Waals surface area contributed by atoms with Crippen molar-refractivity contribution in [3.63, 3.8) is 0 Å². The maximum absolute atomic E-state index is 11.9. The van der Waals surface area contributed by atoms with Crippen LogP contribution in [0, 0.1) is 0 Å². The SMILES string of the molecule is COC(=O)NC(=O)[C@H](C)N(C)c1ccc2ccccc2c1. The van der Waals surface area contributed by atoms with E-state index in [4.69, 9.17) is 0 Å². The Balaban J connectivity index is 2.18. The molecule has 0 fully saturated rings. The van der Waals surface area contributed by atoms with Gasteiger partial charge in [-0.25, -0.2) is 4.79 Å². The highest BCUT2D eigenvalue weighted by molar-refractivity contribution is 5.96. The number of imide groups is 1. The molecule has 0 heterocycles. The summed E-state index contributed by atoms with van der Waals surface area (Å²) in [5.41, 5.74) is 0.904. The van der Waals surface area contributed by atoms with Gasteiger partial charge in [0.25, 0.3) is 5.91 Å². The number of anilines is 1. The normalized spacial score (nSPS) is 11.8. The Morgan fingerprint density at radius 2 is 1.81 bits per heavy atom. The summed E-state index contributed by atoms with van der Waals surface area (Å²) in [6.45, 7) is 1.73. The maximum Gasteiger partial charge on any atom is 0.413 e. The first-order valence-corrected chi connectivity index (χ1v) is 6.63. The van der Waals surface area contributed by atoms with Crippen molar-refractivity contribution in [1.29, 1.82) is 0 Å². The smallest absolute Gasteiger partial charge is 0.413 e. The molecule has 0 saturated carbocycles. The molecule has 0 bridgehead atoms. The molecule has 5 heteroatoms. The predicted molar refractivity (Wildman–Crippen MR) is 82.4 cm³/mol. The molecule has 0 aliphatic heterocycles. The van der Waals surface area contributed by atoms with Crippen molar-refractivity contribution >= 4 is 28.5 Å². The molecule has 2 amide bonds.